The number of nitrogens with one attached hydrogen (secondary N) is 1. The molecule has 5 nitrogen and oxygen atoms in total. The Morgan fingerprint density at radius 2 is 2.17 bits per heavy atom. The summed E-state index contributed by atoms with van der Waals surface area (Å²) in [5, 5.41) is 4.14. The zero-order chi connectivity index (χ0) is 12.6. The van der Waals surface area contributed by atoms with Crippen LogP contribution in [0.4, 0.5) is 5.82 Å². The maximum atomic E-state index is 4.36. The molecule has 0 fully saturated rings. The molecule has 0 aliphatic carbocycles. The van der Waals surface area contributed by atoms with E-state index in [-0.39, 0.29) is 0 Å². The van der Waals surface area contributed by atoms with Crippen LogP contribution < -0.4 is 5.32 Å². The van der Waals surface area contributed by atoms with E-state index >= 15 is 0 Å². The molecule has 1 N–H and O–H groups in total. The molecule has 0 amide bonds. The highest BCUT2D eigenvalue weighted by Crippen LogP contribution is 2.18. The molecule has 94 valence electrons. The lowest BCUT2D eigenvalue weighted by atomic mass is 10.4. The fraction of sp³-hybridized carbons (Fsp3) is 0.333. The monoisotopic (exact) mass is 261 g/mol. The second-order valence-electron chi connectivity index (χ2n) is 3.66. The van der Waals surface area contributed by atoms with Crippen molar-refractivity contribution in [2.75, 3.05) is 11.9 Å². The first-order valence-electron chi connectivity index (χ1n) is 5.82. The fourth-order valence-electron chi connectivity index (χ4n) is 1.29. The smallest absolute Gasteiger partial charge is 0.144 e. The average Bonchev–Trinajstić information content (AvgIpc) is 2.45. The van der Waals surface area contributed by atoms with Crippen molar-refractivity contribution in [1.29, 1.82) is 0 Å². The highest BCUT2D eigenvalue weighted by molar-refractivity contribution is 7.98. The fourth-order valence-corrected chi connectivity index (χ4v) is 2.01. The second-order valence-corrected chi connectivity index (χ2v) is 4.65. The summed E-state index contributed by atoms with van der Waals surface area (Å²) in [6.07, 6.45) is 7.93. The third kappa shape index (κ3) is 3.96. The minimum atomic E-state index is 0.762. The molecule has 0 aromatic carbocycles. The van der Waals surface area contributed by atoms with E-state index in [9.17, 15) is 0 Å². The van der Waals surface area contributed by atoms with Gasteiger partial charge in [-0.2, -0.15) is 0 Å². The van der Waals surface area contributed by atoms with Crippen LogP contribution in [-0.2, 0) is 5.75 Å². The van der Waals surface area contributed by atoms with E-state index in [0.29, 0.717) is 0 Å². The van der Waals surface area contributed by atoms with E-state index in [1.165, 1.54) is 0 Å². The Morgan fingerprint density at radius 3 is 2.83 bits per heavy atom. The Balaban J connectivity index is 1.86. The van der Waals surface area contributed by atoms with Crippen LogP contribution >= 0.6 is 11.8 Å². The molecule has 6 heteroatoms. The SMILES string of the molecule is CCCNc1cnc(CSc2ccncn2)cn1. The molecular formula is C12H15N5S. The van der Waals surface area contributed by atoms with Crippen LogP contribution in [0, 0.1) is 0 Å². The number of rotatable bonds is 6. The molecule has 0 atom stereocenters. The largest absolute Gasteiger partial charge is 0.369 e. The molecule has 0 unspecified atom stereocenters. The molecular weight excluding hydrogens is 246 g/mol. The Hall–Kier alpha value is -1.69. The molecule has 2 aromatic rings. The molecule has 0 radical (unpaired) electrons. The molecule has 2 rings (SSSR count). The minimum absolute atomic E-state index is 0.762. The van der Waals surface area contributed by atoms with E-state index in [1.807, 2.05) is 6.07 Å². The normalized spacial score (nSPS) is 10.3. The first kappa shape index (κ1) is 12.8. The van der Waals surface area contributed by atoms with Crippen molar-refractivity contribution < 1.29 is 0 Å². The lowest BCUT2D eigenvalue weighted by Crippen LogP contribution is -2.02. The molecule has 0 bridgehead atoms. The number of aromatic nitrogens is 4. The molecule has 0 spiro atoms. The average molecular weight is 261 g/mol. The summed E-state index contributed by atoms with van der Waals surface area (Å²) in [5.41, 5.74) is 0.945. The van der Waals surface area contributed by atoms with E-state index in [2.05, 4.69) is 32.2 Å². The molecule has 2 aromatic heterocycles. The highest BCUT2D eigenvalue weighted by Gasteiger charge is 1.99. The quantitative estimate of drug-likeness (QED) is 0.636. The Kier molecular flexibility index (Phi) is 4.89. The molecule has 18 heavy (non-hydrogen) atoms. The number of anilines is 1. The van der Waals surface area contributed by atoms with Gasteiger partial charge in [0.25, 0.3) is 0 Å². The number of thioether (sulfide) groups is 1. The van der Waals surface area contributed by atoms with Crippen molar-refractivity contribution in [2.45, 2.75) is 24.1 Å². The maximum Gasteiger partial charge on any atom is 0.144 e. The third-order valence-electron chi connectivity index (χ3n) is 2.18. The number of hydrogen-bond acceptors (Lipinski definition) is 6. The van der Waals surface area contributed by atoms with Crippen LogP contribution in [0.2, 0.25) is 0 Å². The molecule has 0 saturated carbocycles. The van der Waals surface area contributed by atoms with E-state index in [4.69, 9.17) is 0 Å². The summed E-state index contributed by atoms with van der Waals surface area (Å²) in [7, 11) is 0. The maximum absolute atomic E-state index is 4.36. The van der Waals surface area contributed by atoms with Gasteiger partial charge in [0.15, 0.2) is 0 Å². The lowest BCUT2D eigenvalue weighted by molar-refractivity contribution is 0.959. The van der Waals surface area contributed by atoms with Crippen LogP contribution in [0.15, 0.2) is 36.0 Å². The van der Waals surface area contributed by atoms with Crippen molar-refractivity contribution in [3.63, 3.8) is 0 Å². The lowest BCUT2D eigenvalue weighted by Gasteiger charge is -2.04. The Bertz CT molecular complexity index is 460. The van der Waals surface area contributed by atoms with Gasteiger partial charge in [-0.15, -0.1) is 0 Å². The van der Waals surface area contributed by atoms with E-state index < -0.39 is 0 Å². The van der Waals surface area contributed by atoms with E-state index in [0.717, 1.165) is 35.3 Å². The van der Waals surface area contributed by atoms with Gasteiger partial charge in [0.2, 0.25) is 0 Å². The van der Waals surface area contributed by atoms with Gasteiger partial charge in [-0.05, 0) is 12.5 Å². The van der Waals surface area contributed by atoms with Gasteiger partial charge >= 0.3 is 0 Å². The number of hydrogen-bond donors (Lipinski definition) is 1. The summed E-state index contributed by atoms with van der Waals surface area (Å²) in [6.45, 7) is 3.04. The first-order chi connectivity index (χ1) is 8.88. The standard InChI is InChI=1S/C12H15N5S/c1-2-4-14-11-7-15-10(6-16-11)8-18-12-3-5-13-9-17-12/h3,5-7,9H,2,4,8H2,1H3,(H,14,16). The summed E-state index contributed by atoms with van der Waals surface area (Å²) in [5.74, 6) is 1.59. The van der Waals surface area contributed by atoms with Crippen molar-refractivity contribution in [3.8, 4) is 0 Å². The van der Waals surface area contributed by atoms with Gasteiger partial charge in [0.1, 0.15) is 12.1 Å². The second kappa shape index (κ2) is 6.90. The molecule has 0 aliphatic heterocycles. The topological polar surface area (TPSA) is 63.6 Å². The Morgan fingerprint density at radius 1 is 1.22 bits per heavy atom. The molecule has 2 heterocycles. The van der Waals surface area contributed by atoms with E-state index in [1.54, 1.807) is 36.7 Å². The highest BCUT2D eigenvalue weighted by atomic mass is 32.2. The summed E-state index contributed by atoms with van der Waals surface area (Å²) >= 11 is 1.62. The van der Waals surface area contributed by atoms with Crippen LogP contribution in [0.5, 0.6) is 0 Å². The van der Waals surface area contributed by atoms with Crippen LogP contribution in [-0.4, -0.2) is 26.5 Å². The van der Waals surface area contributed by atoms with Gasteiger partial charge in [0.05, 0.1) is 23.1 Å². The molecule has 0 aliphatic rings. The van der Waals surface area contributed by atoms with Crippen LogP contribution in [0.1, 0.15) is 19.0 Å². The van der Waals surface area contributed by atoms with Gasteiger partial charge in [-0.25, -0.2) is 15.0 Å². The van der Waals surface area contributed by atoms with Gasteiger partial charge in [0, 0.05) is 18.5 Å². The van der Waals surface area contributed by atoms with Gasteiger partial charge < -0.3 is 5.32 Å². The molecule has 0 saturated heterocycles. The van der Waals surface area contributed by atoms with Crippen molar-refractivity contribution in [1.82, 2.24) is 19.9 Å². The summed E-state index contributed by atoms with van der Waals surface area (Å²) in [6, 6.07) is 1.88. The summed E-state index contributed by atoms with van der Waals surface area (Å²) < 4.78 is 0. The van der Waals surface area contributed by atoms with Gasteiger partial charge in [-0.1, -0.05) is 18.7 Å². The predicted molar refractivity (Wildman–Crippen MR) is 72.4 cm³/mol. The third-order valence-corrected chi connectivity index (χ3v) is 3.16. The van der Waals surface area contributed by atoms with Gasteiger partial charge in [-0.3, -0.25) is 4.98 Å². The minimum Gasteiger partial charge on any atom is -0.369 e. The van der Waals surface area contributed by atoms with Crippen LogP contribution in [0.25, 0.3) is 0 Å². The van der Waals surface area contributed by atoms with Crippen molar-refractivity contribution in [3.05, 3.63) is 36.7 Å². The zero-order valence-electron chi connectivity index (χ0n) is 10.2. The number of nitrogens with zero attached hydrogens (tertiary/aromatic N) is 4. The van der Waals surface area contributed by atoms with Crippen molar-refractivity contribution >= 4 is 17.6 Å². The summed E-state index contributed by atoms with van der Waals surface area (Å²) in [4.78, 5) is 16.7. The van der Waals surface area contributed by atoms with Crippen molar-refractivity contribution in [2.24, 2.45) is 0 Å². The first-order valence-corrected chi connectivity index (χ1v) is 6.80. The Labute approximate surface area is 110 Å². The zero-order valence-corrected chi connectivity index (χ0v) is 11.0. The van der Waals surface area contributed by atoms with Crippen LogP contribution in [0.3, 0.4) is 0 Å². The predicted octanol–water partition coefficient (Wildman–Crippen LogP) is 2.38.